The molecule has 0 radical (unpaired) electrons. The van der Waals surface area contributed by atoms with Gasteiger partial charge in [-0.05, 0) is 42.9 Å². The molecule has 1 fully saturated rings. The normalized spacial score (nSPS) is 27.2. The monoisotopic (exact) mass is 311 g/mol. The zero-order valence-electron chi connectivity index (χ0n) is 10.6. The van der Waals surface area contributed by atoms with Crippen LogP contribution in [0.1, 0.15) is 37.0 Å². The van der Waals surface area contributed by atoms with Crippen molar-refractivity contribution in [1.29, 1.82) is 0 Å². The lowest BCUT2D eigenvalue weighted by Crippen LogP contribution is -2.25. The lowest BCUT2D eigenvalue weighted by molar-refractivity contribution is 0.0698. The van der Waals surface area contributed by atoms with Gasteiger partial charge < -0.3 is 10.4 Å². The fourth-order valence-electron chi connectivity index (χ4n) is 2.59. The van der Waals surface area contributed by atoms with Crippen molar-refractivity contribution in [2.24, 2.45) is 11.8 Å². The van der Waals surface area contributed by atoms with Crippen molar-refractivity contribution in [2.75, 3.05) is 5.32 Å². The molecule has 2 rings (SSSR count). The highest BCUT2D eigenvalue weighted by Crippen LogP contribution is 2.34. The first kappa shape index (κ1) is 13.4. The largest absolute Gasteiger partial charge is 0.478 e. The summed E-state index contributed by atoms with van der Waals surface area (Å²) in [6.07, 6.45) is 2.31. The smallest absolute Gasteiger partial charge is 0.337 e. The number of carboxylic acids is 1. The van der Waals surface area contributed by atoms with Gasteiger partial charge >= 0.3 is 5.97 Å². The van der Waals surface area contributed by atoms with Crippen LogP contribution in [-0.2, 0) is 0 Å². The Kier molecular flexibility index (Phi) is 3.95. The van der Waals surface area contributed by atoms with Gasteiger partial charge in [0.15, 0.2) is 0 Å². The molecular weight excluding hydrogens is 294 g/mol. The molecule has 0 aromatic heterocycles. The van der Waals surface area contributed by atoms with E-state index in [-0.39, 0.29) is 0 Å². The molecule has 1 aliphatic carbocycles. The molecule has 3 nitrogen and oxygen atoms in total. The summed E-state index contributed by atoms with van der Waals surface area (Å²) in [5.74, 6) is 0.388. The first-order valence-electron chi connectivity index (χ1n) is 6.28. The Bertz CT molecular complexity index is 461. The minimum Gasteiger partial charge on any atom is -0.478 e. The van der Waals surface area contributed by atoms with E-state index in [4.69, 9.17) is 0 Å². The Labute approximate surface area is 116 Å². The van der Waals surface area contributed by atoms with E-state index >= 15 is 0 Å². The summed E-state index contributed by atoms with van der Waals surface area (Å²) in [6, 6.07) is 5.73. The molecule has 2 N–H and O–H groups in total. The van der Waals surface area contributed by atoms with Gasteiger partial charge in [-0.25, -0.2) is 4.79 Å². The lowest BCUT2D eigenvalue weighted by atomic mass is 9.97. The molecule has 1 aliphatic rings. The maximum Gasteiger partial charge on any atom is 0.337 e. The van der Waals surface area contributed by atoms with Crippen molar-refractivity contribution in [3.63, 3.8) is 0 Å². The predicted octanol–water partition coefficient (Wildman–Crippen LogP) is 3.99. The van der Waals surface area contributed by atoms with Crippen molar-refractivity contribution in [1.82, 2.24) is 0 Å². The standard InChI is InChI=1S/C14H18BrNO2/c1-8-3-5-12(9(8)2)16-13-6-4-10(15)7-11(13)14(17)18/h4,6-9,12,16H,3,5H2,1-2H3,(H,17,18). The number of halogens is 1. The molecular formula is C14H18BrNO2. The Morgan fingerprint density at radius 2 is 2.11 bits per heavy atom. The number of carbonyl (C=O) groups is 1. The number of hydrogen-bond acceptors (Lipinski definition) is 2. The highest BCUT2D eigenvalue weighted by molar-refractivity contribution is 9.10. The van der Waals surface area contributed by atoms with Gasteiger partial charge in [0.05, 0.1) is 5.56 Å². The highest BCUT2D eigenvalue weighted by Gasteiger charge is 2.30. The van der Waals surface area contributed by atoms with Gasteiger partial charge in [0.25, 0.3) is 0 Å². The summed E-state index contributed by atoms with van der Waals surface area (Å²) in [4.78, 5) is 11.2. The van der Waals surface area contributed by atoms with Crippen LogP contribution in [0.5, 0.6) is 0 Å². The van der Waals surface area contributed by atoms with Gasteiger partial charge in [-0.2, -0.15) is 0 Å². The van der Waals surface area contributed by atoms with Crippen molar-refractivity contribution < 1.29 is 9.90 Å². The maximum absolute atomic E-state index is 11.2. The van der Waals surface area contributed by atoms with E-state index < -0.39 is 5.97 Å². The molecule has 0 aliphatic heterocycles. The third-order valence-corrected chi connectivity index (χ3v) is 4.51. The van der Waals surface area contributed by atoms with Crippen LogP contribution in [0.2, 0.25) is 0 Å². The van der Waals surface area contributed by atoms with Crippen LogP contribution in [0.3, 0.4) is 0 Å². The molecule has 3 unspecified atom stereocenters. The molecule has 18 heavy (non-hydrogen) atoms. The van der Waals surface area contributed by atoms with E-state index in [2.05, 4.69) is 35.1 Å². The van der Waals surface area contributed by atoms with Gasteiger partial charge in [0.2, 0.25) is 0 Å². The summed E-state index contributed by atoms with van der Waals surface area (Å²) in [7, 11) is 0. The third-order valence-electron chi connectivity index (χ3n) is 4.02. The molecule has 1 saturated carbocycles. The van der Waals surface area contributed by atoms with E-state index in [0.29, 0.717) is 23.4 Å². The van der Waals surface area contributed by atoms with Gasteiger partial charge in [-0.3, -0.25) is 0 Å². The Morgan fingerprint density at radius 1 is 1.39 bits per heavy atom. The Morgan fingerprint density at radius 3 is 2.67 bits per heavy atom. The summed E-state index contributed by atoms with van der Waals surface area (Å²) >= 11 is 3.31. The highest BCUT2D eigenvalue weighted by atomic mass is 79.9. The number of nitrogens with one attached hydrogen (secondary N) is 1. The van der Waals surface area contributed by atoms with E-state index in [1.165, 1.54) is 6.42 Å². The minimum atomic E-state index is -0.891. The minimum absolute atomic E-state index is 0.330. The van der Waals surface area contributed by atoms with Crippen LogP contribution in [0, 0.1) is 11.8 Å². The molecule has 0 saturated heterocycles. The SMILES string of the molecule is CC1CCC(Nc2ccc(Br)cc2C(=O)O)C1C. The van der Waals surface area contributed by atoms with Crippen LogP contribution in [-0.4, -0.2) is 17.1 Å². The molecule has 0 spiro atoms. The van der Waals surface area contributed by atoms with E-state index in [0.717, 1.165) is 16.6 Å². The molecule has 1 aromatic rings. The quantitative estimate of drug-likeness (QED) is 0.887. The zero-order valence-corrected chi connectivity index (χ0v) is 12.2. The second-order valence-corrected chi connectivity index (χ2v) is 6.08. The molecule has 0 amide bonds. The van der Waals surface area contributed by atoms with Crippen LogP contribution in [0.4, 0.5) is 5.69 Å². The van der Waals surface area contributed by atoms with Crippen LogP contribution >= 0.6 is 15.9 Å². The summed E-state index contributed by atoms with van der Waals surface area (Å²) in [5.41, 5.74) is 1.05. The molecule has 3 atom stereocenters. The van der Waals surface area contributed by atoms with Crippen LogP contribution in [0.15, 0.2) is 22.7 Å². The van der Waals surface area contributed by atoms with Crippen molar-refractivity contribution in [3.05, 3.63) is 28.2 Å². The Hall–Kier alpha value is -1.03. The van der Waals surface area contributed by atoms with Gasteiger partial charge in [-0.15, -0.1) is 0 Å². The van der Waals surface area contributed by atoms with Crippen molar-refractivity contribution >= 4 is 27.6 Å². The number of carboxylic acid groups (broad SMARTS) is 1. The summed E-state index contributed by atoms with van der Waals surface area (Å²) < 4.78 is 0.790. The van der Waals surface area contributed by atoms with Crippen molar-refractivity contribution in [2.45, 2.75) is 32.7 Å². The summed E-state index contributed by atoms with van der Waals surface area (Å²) in [6.45, 7) is 4.49. The van der Waals surface area contributed by atoms with Gasteiger partial charge in [0.1, 0.15) is 0 Å². The second kappa shape index (κ2) is 5.31. The molecule has 1 aromatic carbocycles. The Balaban J connectivity index is 2.21. The third kappa shape index (κ3) is 2.69. The van der Waals surface area contributed by atoms with Gasteiger partial charge in [0, 0.05) is 16.2 Å². The van der Waals surface area contributed by atoms with E-state index in [1.54, 1.807) is 6.07 Å². The molecule has 98 valence electrons. The average molecular weight is 312 g/mol. The fraction of sp³-hybridized carbons (Fsp3) is 0.500. The first-order valence-corrected chi connectivity index (χ1v) is 7.07. The van der Waals surface area contributed by atoms with E-state index in [1.807, 2.05) is 12.1 Å². The average Bonchev–Trinajstić information content (AvgIpc) is 2.63. The topological polar surface area (TPSA) is 49.3 Å². The number of rotatable bonds is 3. The number of benzene rings is 1. The van der Waals surface area contributed by atoms with Crippen LogP contribution in [0.25, 0.3) is 0 Å². The maximum atomic E-state index is 11.2. The first-order chi connectivity index (χ1) is 8.49. The lowest BCUT2D eigenvalue weighted by Gasteiger charge is -2.22. The molecule has 0 bridgehead atoms. The fourth-order valence-corrected chi connectivity index (χ4v) is 2.95. The van der Waals surface area contributed by atoms with Crippen LogP contribution < -0.4 is 5.32 Å². The predicted molar refractivity (Wildman–Crippen MR) is 76.1 cm³/mol. The number of anilines is 1. The van der Waals surface area contributed by atoms with Gasteiger partial charge in [-0.1, -0.05) is 29.8 Å². The van der Waals surface area contributed by atoms with Crippen molar-refractivity contribution in [3.8, 4) is 0 Å². The second-order valence-electron chi connectivity index (χ2n) is 5.16. The number of aromatic carboxylic acids is 1. The molecule has 0 heterocycles. The number of hydrogen-bond donors (Lipinski definition) is 2. The molecule has 4 heteroatoms. The summed E-state index contributed by atoms with van der Waals surface area (Å²) in [5, 5.41) is 12.6. The zero-order chi connectivity index (χ0) is 13.3. The van der Waals surface area contributed by atoms with E-state index in [9.17, 15) is 9.90 Å².